The van der Waals surface area contributed by atoms with Crippen molar-refractivity contribution in [1.29, 1.82) is 0 Å². The van der Waals surface area contributed by atoms with Crippen molar-refractivity contribution in [2.75, 3.05) is 6.54 Å². The standard InChI is InChI=1S/C20H21N5O2S/c1-12-13(2)28-19-18(12)20(27)25(11-22-19)10-8-17(26)21-9-7-16-23-14-5-3-4-6-15(14)24-16/h3-6,11H,7-10H2,1-2H3,(H,21,26)(H,23,24). The summed E-state index contributed by atoms with van der Waals surface area (Å²) in [6, 6.07) is 7.83. The van der Waals surface area contributed by atoms with Gasteiger partial charge in [0.25, 0.3) is 5.56 Å². The van der Waals surface area contributed by atoms with E-state index in [0.717, 1.165) is 32.1 Å². The first-order chi connectivity index (χ1) is 13.5. The van der Waals surface area contributed by atoms with E-state index in [4.69, 9.17) is 0 Å². The number of thiophene rings is 1. The third kappa shape index (κ3) is 3.55. The quantitative estimate of drug-likeness (QED) is 0.525. The number of carbonyl (C=O) groups excluding carboxylic acids is 1. The highest BCUT2D eigenvalue weighted by Gasteiger charge is 2.12. The second-order valence-electron chi connectivity index (χ2n) is 6.76. The lowest BCUT2D eigenvalue weighted by molar-refractivity contribution is -0.121. The lowest BCUT2D eigenvalue weighted by Crippen LogP contribution is -2.29. The number of nitrogens with zero attached hydrogens (tertiary/aromatic N) is 3. The molecule has 0 saturated carbocycles. The van der Waals surface area contributed by atoms with Crippen LogP contribution in [0.15, 0.2) is 35.4 Å². The van der Waals surface area contributed by atoms with Crippen molar-refractivity contribution in [3.05, 3.63) is 57.2 Å². The third-order valence-electron chi connectivity index (χ3n) is 4.86. The number of nitrogens with one attached hydrogen (secondary N) is 2. The first kappa shape index (κ1) is 18.4. The molecule has 7 nitrogen and oxygen atoms in total. The van der Waals surface area contributed by atoms with E-state index in [2.05, 4.69) is 20.3 Å². The van der Waals surface area contributed by atoms with Crippen molar-refractivity contribution >= 4 is 38.5 Å². The number of aromatic nitrogens is 4. The molecule has 1 aromatic carbocycles. The number of imidazole rings is 1. The van der Waals surface area contributed by atoms with Gasteiger partial charge in [-0.05, 0) is 31.5 Å². The van der Waals surface area contributed by atoms with Gasteiger partial charge < -0.3 is 10.3 Å². The van der Waals surface area contributed by atoms with Gasteiger partial charge in [0.15, 0.2) is 0 Å². The van der Waals surface area contributed by atoms with Gasteiger partial charge in [0.05, 0.1) is 22.7 Å². The lowest BCUT2D eigenvalue weighted by atomic mass is 10.2. The van der Waals surface area contributed by atoms with Crippen molar-refractivity contribution in [1.82, 2.24) is 24.8 Å². The fourth-order valence-corrected chi connectivity index (χ4v) is 4.17. The number of amides is 1. The molecule has 0 radical (unpaired) electrons. The average Bonchev–Trinajstić information content (AvgIpc) is 3.22. The first-order valence-corrected chi connectivity index (χ1v) is 10.00. The van der Waals surface area contributed by atoms with Gasteiger partial charge in [-0.25, -0.2) is 9.97 Å². The maximum absolute atomic E-state index is 12.6. The smallest absolute Gasteiger partial charge is 0.262 e. The predicted octanol–water partition coefficient (Wildman–Crippen LogP) is 2.70. The van der Waals surface area contributed by atoms with Crippen LogP contribution in [0.5, 0.6) is 0 Å². The molecule has 28 heavy (non-hydrogen) atoms. The Bertz CT molecular complexity index is 1190. The van der Waals surface area contributed by atoms with E-state index in [9.17, 15) is 9.59 Å². The summed E-state index contributed by atoms with van der Waals surface area (Å²) in [5.41, 5.74) is 2.80. The minimum absolute atomic E-state index is 0.0816. The van der Waals surface area contributed by atoms with Crippen molar-refractivity contribution < 1.29 is 4.79 Å². The molecule has 0 unspecified atom stereocenters. The zero-order chi connectivity index (χ0) is 19.7. The van der Waals surface area contributed by atoms with Crippen molar-refractivity contribution in [3.63, 3.8) is 0 Å². The summed E-state index contributed by atoms with van der Waals surface area (Å²) in [5.74, 6) is 0.747. The predicted molar refractivity (Wildman–Crippen MR) is 111 cm³/mol. The van der Waals surface area contributed by atoms with Crippen LogP contribution in [-0.2, 0) is 17.8 Å². The van der Waals surface area contributed by atoms with Gasteiger partial charge in [-0.3, -0.25) is 14.2 Å². The van der Waals surface area contributed by atoms with Crippen LogP contribution in [0, 0.1) is 13.8 Å². The summed E-state index contributed by atoms with van der Waals surface area (Å²) in [4.78, 5) is 38.7. The summed E-state index contributed by atoms with van der Waals surface area (Å²) in [6.07, 6.45) is 2.39. The molecule has 0 atom stereocenters. The highest BCUT2D eigenvalue weighted by atomic mass is 32.1. The molecular formula is C20H21N5O2S. The van der Waals surface area contributed by atoms with E-state index in [1.807, 2.05) is 38.1 Å². The van der Waals surface area contributed by atoms with Crippen LogP contribution in [0.3, 0.4) is 0 Å². The number of rotatable bonds is 6. The molecule has 4 aromatic rings. The van der Waals surface area contributed by atoms with Crippen LogP contribution in [0.25, 0.3) is 21.3 Å². The second kappa shape index (κ2) is 7.55. The molecule has 0 aliphatic carbocycles. The van der Waals surface area contributed by atoms with Crippen LogP contribution >= 0.6 is 11.3 Å². The van der Waals surface area contributed by atoms with Crippen LogP contribution in [0.1, 0.15) is 22.7 Å². The molecule has 4 rings (SSSR count). The van der Waals surface area contributed by atoms with Crippen LogP contribution in [-0.4, -0.2) is 32.0 Å². The monoisotopic (exact) mass is 395 g/mol. The molecule has 2 N–H and O–H groups in total. The van der Waals surface area contributed by atoms with Crippen molar-refractivity contribution in [2.24, 2.45) is 0 Å². The fraction of sp³-hybridized carbons (Fsp3) is 0.300. The summed E-state index contributed by atoms with van der Waals surface area (Å²) >= 11 is 1.52. The molecule has 0 aliphatic heterocycles. The summed E-state index contributed by atoms with van der Waals surface area (Å²) < 4.78 is 1.51. The molecule has 0 aliphatic rings. The number of carbonyl (C=O) groups is 1. The maximum atomic E-state index is 12.6. The zero-order valence-corrected chi connectivity index (χ0v) is 16.6. The second-order valence-corrected chi connectivity index (χ2v) is 7.96. The van der Waals surface area contributed by atoms with Crippen molar-refractivity contribution in [2.45, 2.75) is 33.2 Å². The average molecular weight is 395 g/mol. The number of hydrogen-bond acceptors (Lipinski definition) is 5. The summed E-state index contributed by atoms with van der Waals surface area (Å²) in [5, 5.41) is 3.55. The Hall–Kier alpha value is -3.00. The van der Waals surface area contributed by atoms with Gasteiger partial charge in [-0.2, -0.15) is 0 Å². The molecule has 0 fully saturated rings. The van der Waals surface area contributed by atoms with E-state index in [1.54, 1.807) is 0 Å². The van der Waals surface area contributed by atoms with E-state index in [0.29, 0.717) is 24.9 Å². The third-order valence-corrected chi connectivity index (χ3v) is 5.97. The van der Waals surface area contributed by atoms with Gasteiger partial charge in [-0.1, -0.05) is 12.1 Å². The Morgan fingerprint density at radius 1 is 1.29 bits per heavy atom. The number of hydrogen-bond donors (Lipinski definition) is 2. The molecule has 3 heterocycles. The SMILES string of the molecule is Cc1sc2ncn(CCC(=O)NCCc3nc4ccccc4[nH]3)c(=O)c2c1C. The van der Waals surface area contributed by atoms with E-state index in [1.165, 1.54) is 22.2 Å². The lowest BCUT2D eigenvalue weighted by Gasteiger charge is -2.06. The van der Waals surface area contributed by atoms with Gasteiger partial charge in [0, 0.05) is 30.8 Å². The Morgan fingerprint density at radius 2 is 2.11 bits per heavy atom. The van der Waals surface area contributed by atoms with Crippen LogP contribution in [0.4, 0.5) is 0 Å². The summed E-state index contributed by atoms with van der Waals surface area (Å²) in [6.45, 7) is 4.73. The number of aromatic amines is 1. The molecule has 144 valence electrons. The molecule has 1 amide bonds. The molecule has 3 aromatic heterocycles. The van der Waals surface area contributed by atoms with Gasteiger partial charge in [-0.15, -0.1) is 11.3 Å². The minimum atomic E-state index is -0.0960. The van der Waals surface area contributed by atoms with Gasteiger partial charge in [0.1, 0.15) is 10.7 Å². The molecule has 0 spiro atoms. The molecular weight excluding hydrogens is 374 g/mol. The number of fused-ring (bicyclic) bond motifs is 2. The number of H-pyrrole nitrogens is 1. The van der Waals surface area contributed by atoms with Crippen LogP contribution < -0.4 is 10.9 Å². The first-order valence-electron chi connectivity index (χ1n) is 9.18. The van der Waals surface area contributed by atoms with E-state index < -0.39 is 0 Å². The Morgan fingerprint density at radius 3 is 2.93 bits per heavy atom. The highest BCUT2D eigenvalue weighted by molar-refractivity contribution is 7.18. The number of benzene rings is 1. The number of aryl methyl sites for hydroxylation is 3. The normalized spacial score (nSPS) is 11.4. The molecule has 8 heteroatoms. The van der Waals surface area contributed by atoms with E-state index >= 15 is 0 Å². The minimum Gasteiger partial charge on any atom is -0.356 e. The fourth-order valence-electron chi connectivity index (χ4n) is 3.18. The molecule has 0 bridgehead atoms. The van der Waals surface area contributed by atoms with Crippen LogP contribution in [0.2, 0.25) is 0 Å². The van der Waals surface area contributed by atoms with Gasteiger partial charge >= 0.3 is 0 Å². The van der Waals surface area contributed by atoms with E-state index in [-0.39, 0.29) is 17.9 Å². The maximum Gasteiger partial charge on any atom is 0.262 e. The summed E-state index contributed by atoms with van der Waals surface area (Å²) in [7, 11) is 0. The topological polar surface area (TPSA) is 92.7 Å². The molecule has 0 saturated heterocycles. The Labute approximate surface area is 165 Å². The largest absolute Gasteiger partial charge is 0.356 e. The Kier molecular flexibility index (Phi) is 4.95. The van der Waals surface area contributed by atoms with Crippen molar-refractivity contribution in [3.8, 4) is 0 Å². The number of para-hydroxylation sites is 2. The Balaban J connectivity index is 1.33. The van der Waals surface area contributed by atoms with Gasteiger partial charge in [0.2, 0.25) is 5.91 Å². The zero-order valence-electron chi connectivity index (χ0n) is 15.8. The highest BCUT2D eigenvalue weighted by Crippen LogP contribution is 2.25.